The summed E-state index contributed by atoms with van der Waals surface area (Å²) in [6, 6.07) is 11.9. The molecule has 0 radical (unpaired) electrons. The number of aromatic hydroxyl groups is 1. The number of phenols is 1. The standard InChI is InChI=1S/C16H16N2O4S/c1-2-10-17-23(21,22)13-7-5-6-12(11-13)16(20)18-14-8-3-4-9-15(14)19/h2-9,11,17,19H,1,10H2,(H,18,20). The summed E-state index contributed by atoms with van der Waals surface area (Å²) in [6.45, 7) is 3.54. The number of benzene rings is 2. The van der Waals surface area contributed by atoms with Crippen LogP contribution >= 0.6 is 0 Å². The van der Waals surface area contributed by atoms with E-state index in [1.54, 1.807) is 18.2 Å². The fourth-order valence-electron chi connectivity index (χ4n) is 1.83. The van der Waals surface area contributed by atoms with Crippen LogP contribution in [0.5, 0.6) is 5.75 Å². The maximum absolute atomic E-state index is 12.2. The van der Waals surface area contributed by atoms with E-state index in [1.165, 1.54) is 36.4 Å². The highest BCUT2D eigenvalue weighted by Crippen LogP contribution is 2.22. The third-order valence-electron chi connectivity index (χ3n) is 2.98. The Morgan fingerprint density at radius 2 is 1.91 bits per heavy atom. The van der Waals surface area contributed by atoms with Gasteiger partial charge >= 0.3 is 0 Å². The van der Waals surface area contributed by atoms with Crippen molar-refractivity contribution in [3.8, 4) is 5.75 Å². The molecular weight excluding hydrogens is 316 g/mol. The Balaban J connectivity index is 2.24. The highest BCUT2D eigenvalue weighted by Gasteiger charge is 2.16. The van der Waals surface area contributed by atoms with Gasteiger partial charge in [-0.15, -0.1) is 6.58 Å². The van der Waals surface area contributed by atoms with Crippen molar-refractivity contribution in [1.82, 2.24) is 4.72 Å². The van der Waals surface area contributed by atoms with Crippen LogP contribution in [0.3, 0.4) is 0 Å². The lowest BCUT2D eigenvalue weighted by Gasteiger charge is -2.09. The highest BCUT2D eigenvalue weighted by molar-refractivity contribution is 7.89. The van der Waals surface area contributed by atoms with Gasteiger partial charge in [-0.05, 0) is 30.3 Å². The van der Waals surface area contributed by atoms with Crippen molar-refractivity contribution in [2.24, 2.45) is 0 Å². The van der Waals surface area contributed by atoms with Gasteiger partial charge in [0.05, 0.1) is 10.6 Å². The number of sulfonamides is 1. The van der Waals surface area contributed by atoms with E-state index in [1.807, 2.05) is 0 Å². The van der Waals surface area contributed by atoms with Crippen LogP contribution in [-0.2, 0) is 10.0 Å². The smallest absolute Gasteiger partial charge is 0.255 e. The molecule has 0 aliphatic heterocycles. The lowest BCUT2D eigenvalue weighted by Crippen LogP contribution is -2.24. The maximum Gasteiger partial charge on any atom is 0.255 e. The molecule has 7 heteroatoms. The van der Waals surface area contributed by atoms with Crippen molar-refractivity contribution in [1.29, 1.82) is 0 Å². The van der Waals surface area contributed by atoms with Gasteiger partial charge in [0.15, 0.2) is 0 Å². The third kappa shape index (κ3) is 4.18. The molecule has 0 aliphatic rings. The summed E-state index contributed by atoms with van der Waals surface area (Å²) in [6.07, 6.45) is 1.42. The van der Waals surface area contributed by atoms with Crippen molar-refractivity contribution in [3.63, 3.8) is 0 Å². The van der Waals surface area contributed by atoms with Gasteiger partial charge in [0.25, 0.3) is 5.91 Å². The molecule has 0 aromatic heterocycles. The van der Waals surface area contributed by atoms with Crippen LogP contribution in [0.4, 0.5) is 5.69 Å². The molecule has 0 unspecified atom stereocenters. The first-order valence-corrected chi connectivity index (χ1v) is 8.22. The van der Waals surface area contributed by atoms with Crippen molar-refractivity contribution >= 4 is 21.6 Å². The Kier molecular flexibility index (Phi) is 5.15. The topological polar surface area (TPSA) is 95.5 Å². The number of hydrogen-bond acceptors (Lipinski definition) is 4. The Bertz CT molecular complexity index is 831. The van der Waals surface area contributed by atoms with Gasteiger partial charge in [0, 0.05) is 12.1 Å². The molecule has 0 saturated heterocycles. The number of para-hydroxylation sites is 2. The molecule has 0 fully saturated rings. The average molecular weight is 332 g/mol. The van der Waals surface area contributed by atoms with Gasteiger partial charge in [-0.25, -0.2) is 13.1 Å². The second-order valence-corrected chi connectivity index (χ2v) is 6.41. The zero-order valence-electron chi connectivity index (χ0n) is 12.2. The zero-order chi connectivity index (χ0) is 16.9. The lowest BCUT2D eigenvalue weighted by atomic mass is 10.2. The second-order valence-electron chi connectivity index (χ2n) is 4.64. The number of rotatable bonds is 6. The van der Waals surface area contributed by atoms with Crippen molar-refractivity contribution < 1.29 is 18.3 Å². The van der Waals surface area contributed by atoms with E-state index in [0.717, 1.165) is 0 Å². The fraction of sp³-hybridized carbons (Fsp3) is 0.0625. The van der Waals surface area contributed by atoms with Crippen LogP contribution in [0.25, 0.3) is 0 Å². The minimum absolute atomic E-state index is 0.0238. The van der Waals surface area contributed by atoms with E-state index in [2.05, 4.69) is 16.6 Å². The summed E-state index contributed by atoms with van der Waals surface area (Å²) < 4.78 is 26.4. The summed E-state index contributed by atoms with van der Waals surface area (Å²) in [5, 5.41) is 12.2. The number of phenolic OH excluding ortho intramolecular Hbond substituents is 1. The van der Waals surface area contributed by atoms with Crippen LogP contribution in [0.15, 0.2) is 66.1 Å². The molecule has 2 aromatic carbocycles. The first-order valence-electron chi connectivity index (χ1n) is 6.74. The van der Waals surface area contributed by atoms with E-state index < -0.39 is 15.9 Å². The summed E-state index contributed by atoms with van der Waals surface area (Å²) >= 11 is 0. The molecule has 23 heavy (non-hydrogen) atoms. The molecule has 0 saturated carbocycles. The molecule has 1 amide bonds. The molecule has 0 bridgehead atoms. The Morgan fingerprint density at radius 1 is 1.17 bits per heavy atom. The Labute approximate surface area is 134 Å². The largest absolute Gasteiger partial charge is 0.506 e. The predicted octanol–water partition coefficient (Wildman–Crippen LogP) is 2.11. The Morgan fingerprint density at radius 3 is 2.61 bits per heavy atom. The Hall–Kier alpha value is -2.64. The van der Waals surface area contributed by atoms with E-state index in [9.17, 15) is 18.3 Å². The average Bonchev–Trinajstić information content (AvgIpc) is 2.55. The second kappa shape index (κ2) is 7.08. The third-order valence-corrected chi connectivity index (χ3v) is 4.40. The number of carbonyl (C=O) groups excluding carboxylic acids is 1. The number of anilines is 1. The molecular formula is C16H16N2O4S. The molecule has 120 valence electrons. The SMILES string of the molecule is C=CCNS(=O)(=O)c1cccc(C(=O)Nc2ccccc2O)c1. The van der Waals surface area contributed by atoms with Crippen LogP contribution in [0.1, 0.15) is 10.4 Å². The highest BCUT2D eigenvalue weighted by atomic mass is 32.2. The van der Waals surface area contributed by atoms with Gasteiger partial charge in [0.2, 0.25) is 10.0 Å². The summed E-state index contributed by atoms with van der Waals surface area (Å²) in [4.78, 5) is 12.2. The van der Waals surface area contributed by atoms with Gasteiger partial charge in [0.1, 0.15) is 5.75 Å². The summed E-state index contributed by atoms with van der Waals surface area (Å²) in [5.74, 6) is -0.593. The van der Waals surface area contributed by atoms with Crippen molar-refractivity contribution in [2.45, 2.75) is 4.90 Å². The number of hydrogen-bond donors (Lipinski definition) is 3. The molecule has 6 nitrogen and oxygen atoms in total. The van der Waals surface area contributed by atoms with E-state index in [-0.39, 0.29) is 28.4 Å². The fourth-order valence-corrected chi connectivity index (χ4v) is 2.87. The zero-order valence-corrected chi connectivity index (χ0v) is 13.0. The first kappa shape index (κ1) is 16.7. The lowest BCUT2D eigenvalue weighted by molar-refractivity contribution is 0.102. The van der Waals surface area contributed by atoms with Crippen LogP contribution in [-0.4, -0.2) is 26.0 Å². The minimum Gasteiger partial charge on any atom is -0.506 e. The molecule has 2 aromatic rings. The van der Waals surface area contributed by atoms with Crippen LogP contribution in [0.2, 0.25) is 0 Å². The van der Waals surface area contributed by atoms with Crippen LogP contribution < -0.4 is 10.0 Å². The van der Waals surface area contributed by atoms with E-state index in [4.69, 9.17) is 0 Å². The maximum atomic E-state index is 12.2. The quantitative estimate of drug-likeness (QED) is 0.558. The van der Waals surface area contributed by atoms with Gasteiger partial charge < -0.3 is 10.4 Å². The minimum atomic E-state index is -3.71. The van der Waals surface area contributed by atoms with Gasteiger partial charge in [-0.3, -0.25) is 4.79 Å². The van der Waals surface area contributed by atoms with Crippen LogP contribution in [0, 0.1) is 0 Å². The molecule has 3 N–H and O–H groups in total. The van der Waals surface area contributed by atoms with E-state index >= 15 is 0 Å². The monoisotopic (exact) mass is 332 g/mol. The van der Waals surface area contributed by atoms with Gasteiger partial charge in [-0.1, -0.05) is 24.3 Å². The molecule has 2 rings (SSSR count). The summed E-state index contributed by atoms with van der Waals surface area (Å²) in [7, 11) is -3.71. The normalized spacial score (nSPS) is 11.0. The number of amides is 1. The molecule has 0 heterocycles. The molecule has 0 aliphatic carbocycles. The molecule has 0 spiro atoms. The summed E-state index contributed by atoms with van der Waals surface area (Å²) in [5.41, 5.74) is 0.408. The van der Waals surface area contributed by atoms with E-state index in [0.29, 0.717) is 0 Å². The molecule has 0 atom stereocenters. The van der Waals surface area contributed by atoms with Crippen molar-refractivity contribution in [3.05, 3.63) is 66.7 Å². The predicted molar refractivity (Wildman–Crippen MR) is 87.9 cm³/mol. The number of nitrogens with one attached hydrogen (secondary N) is 2. The van der Waals surface area contributed by atoms with Gasteiger partial charge in [-0.2, -0.15) is 0 Å². The first-order chi connectivity index (χ1) is 10.9. The number of carbonyl (C=O) groups is 1. The van der Waals surface area contributed by atoms with Crippen molar-refractivity contribution in [2.75, 3.05) is 11.9 Å².